The summed E-state index contributed by atoms with van der Waals surface area (Å²) < 4.78 is 37.7. The lowest BCUT2D eigenvalue weighted by atomic mass is 9.85. The van der Waals surface area contributed by atoms with Crippen molar-refractivity contribution in [1.29, 1.82) is 0 Å². The van der Waals surface area contributed by atoms with Gasteiger partial charge in [-0.3, -0.25) is 4.79 Å². The minimum absolute atomic E-state index is 0.0818. The van der Waals surface area contributed by atoms with E-state index in [1.165, 1.54) is 46.0 Å². The number of fused-ring (bicyclic) bond motifs is 2. The average Bonchev–Trinajstić information content (AvgIpc) is 3.97. The van der Waals surface area contributed by atoms with Crippen molar-refractivity contribution in [3.8, 4) is 0 Å². The highest BCUT2D eigenvalue weighted by Crippen LogP contribution is 2.30. The number of aliphatic carboxylic acids is 1. The van der Waals surface area contributed by atoms with Crippen molar-refractivity contribution in [2.45, 2.75) is 145 Å². The molecule has 0 unspecified atom stereocenters. The van der Waals surface area contributed by atoms with Gasteiger partial charge in [0, 0.05) is 68.0 Å². The van der Waals surface area contributed by atoms with Crippen molar-refractivity contribution in [3.05, 3.63) is 70.3 Å². The smallest absolute Gasteiger partial charge is 0.330 e. The van der Waals surface area contributed by atoms with Crippen molar-refractivity contribution in [2.24, 2.45) is 10.8 Å². The van der Waals surface area contributed by atoms with Crippen molar-refractivity contribution in [3.63, 3.8) is 0 Å². The lowest BCUT2D eigenvalue weighted by Gasteiger charge is -2.43. The first kappa shape index (κ1) is 60.8. The Bertz CT molecular complexity index is 2430. The first-order chi connectivity index (χ1) is 34.7. The van der Waals surface area contributed by atoms with Crippen LogP contribution in [-0.4, -0.2) is 166 Å². The number of carboxylic acids is 1. The number of rotatable bonds is 6. The van der Waals surface area contributed by atoms with E-state index in [1.54, 1.807) is 43.9 Å². The van der Waals surface area contributed by atoms with E-state index in [0.717, 1.165) is 11.1 Å². The largest absolute Gasteiger partial charge is 0.480 e. The van der Waals surface area contributed by atoms with Crippen LogP contribution in [0.1, 0.15) is 105 Å². The Morgan fingerprint density at radius 2 is 1.03 bits per heavy atom. The van der Waals surface area contributed by atoms with Crippen molar-refractivity contribution in [2.75, 3.05) is 53.5 Å². The van der Waals surface area contributed by atoms with Crippen molar-refractivity contribution in [1.82, 2.24) is 51.1 Å². The third-order valence-corrected chi connectivity index (χ3v) is 12.5. The van der Waals surface area contributed by atoms with Crippen molar-refractivity contribution < 1.29 is 61.7 Å². The zero-order valence-corrected chi connectivity index (χ0v) is 45.9. The molecular weight excluding hydrogens is 979 g/mol. The fourth-order valence-electron chi connectivity index (χ4n) is 8.72. The maximum Gasteiger partial charge on any atom is 0.330 e. The molecule has 4 atom stereocenters. The number of hydrogen-bond donors (Lipinski definition) is 6. The van der Waals surface area contributed by atoms with E-state index >= 15 is 0 Å². The maximum absolute atomic E-state index is 14.2. The molecule has 0 bridgehead atoms. The molecule has 0 aliphatic carbocycles. The van der Waals surface area contributed by atoms with Gasteiger partial charge in [-0.1, -0.05) is 65.8 Å². The van der Waals surface area contributed by atoms with Gasteiger partial charge in [0.1, 0.15) is 35.8 Å². The van der Waals surface area contributed by atoms with Gasteiger partial charge in [0.2, 0.25) is 5.91 Å². The molecule has 6 N–H and O–H groups in total. The molecule has 0 aromatic heterocycles. The monoisotopic (exact) mass is 1060 g/mol. The van der Waals surface area contributed by atoms with Crippen LogP contribution in [0.25, 0.3) is 0 Å². The van der Waals surface area contributed by atoms with E-state index in [0.29, 0.717) is 37.3 Å². The van der Waals surface area contributed by atoms with E-state index in [4.69, 9.17) is 14.6 Å². The maximum atomic E-state index is 14.2. The summed E-state index contributed by atoms with van der Waals surface area (Å²) in [7, 11) is 2.53. The number of carbonyl (C=O) groups is 8. The first-order valence-corrected chi connectivity index (χ1v) is 24.9. The zero-order valence-electron chi connectivity index (χ0n) is 45.9. The second-order valence-corrected chi connectivity index (χ2v) is 23.1. The molecule has 2 aromatic rings. The number of nitrogens with zero attached hydrogens (tertiary/aromatic N) is 5. The van der Waals surface area contributed by atoms with Gasteiger partial charge in [0.05, 0.1) is 33.9 Å². The summed E-state index contributed by atoms with van der Waals surface area (Å²) in [5, 5.41) is 22.8. The first-order valence-electron chi connectivity index (χ1n) is 24.9. The number of carboxylic acid groups (broad SMARTS) is 1. The summed E-state index contributed by atoms with van der Waals surface area (Å²) in [5.41, 5.74) is 0.544. The number of urea groups is 4. The second kappa shape index (κ2) is 24.7. The fourth-order valence-corrected chi connectivity index (χ4v) is 8.72. The van der Waals surface area contributed by atoms with E-state index < -0.39 is 76.5 Å². The topological polar surface area (TPSA) is 252 Å². The lowest BCUT2D eigenvalue weighted by molar-refractivity contribution is -0.151. The molecule has 2 saturated heterocycles. The summed E-state index contributed by atoms with van der Waals surface area (Å²) in [4.78, 5) is 107. The summed E-state index contributed by atoms with van der Waals surface area (Å²) in [6.07, 6.45) is 0. The quantitative estimate of drug-likeness (QED) is 0.215. The summed E-state index contributed by atoms with van der Waals surface area (Å²) in [5.74, 6) is -3.14. The number of esters is 2. The molecule has 6 rings (SSSR count). The Kier molecular flexibility index (Phi) is 20.0. The van der Waals surface area contributed by atoms with Gasteiger partial charge < -0.3 is 65.7 Å². The number of benzene rings is 2. The van der Waals surface area contributed by atoms with Gasteiger partial charge in [-0.15, -0.1) is 0 Å². The minimum Gasteiger partial charge on any atom is -0.480 e. The molecule has 75 heavy (non-hydrogen) atoms. The van der Waals surface area contributed by atoms with Crippen LogP contribution in [0, 0.1) is 22.5 Å². The lowest BCUT2D eigenvalue weighted by Crippen LogP contribution is -2.65. The van der Waals surface area contributed by atoms with Gasteiger partial charge in [-0.2, -0.15) is 0 Å². The number of halogens is 2. The Morgan fingerprint density at radius 3 is 1.43 bits per heavy atom. The Balaban J connectivity index is 0.000000270. The predicted octanol–water partition coefficient (Wildman–Crippen LogP) is 4.75. The normalized spacial score (nSPS) is 18.3. The Morgan fingerprint density at radius 1 is 0.600 bits per heavy atom. The minimum atomic E-state index is -1.03. The van der Waals surface area contributed by atoms with Crippen LogP contribution in [0.15, 0.2) is 36.4 Å². The van der Waals surface area contributed by atoms with E-state index in [9.17, 15) is 47.1 Å². The van der Waals surface area contributed by atoms with Crippen LogP contribution in [0.3, 0.4) is 0 Å². The summed E-state index contributed by atoms with van der Waals surface area (Å²) in [6, 6.07) is 4.53. The molecule has 21 nitrogen and oxygen atoms in total. The predicted molar refractivity (Wildman–Crippen MR) is 274 cm³/mol. The third kappa shape index (κ3) is 16.6. The molecule has 4 aliphatic rings. The average molecular weight is 1060 g/mol. The number of ether oxygens (including phenoxy) is 2. The van der Waals surface area contributed by atoms with Gasteiger partial charge in [0.15, 0.2) is 0 Å². The number of hydrogen-bond acceptors (Lipinski definition) is 11. The van der Waals surface area contributed by atoms with E-state index in [2.05, 4.69) is 26.6 Å². The highest BCUT2D eigenvalue weighted by Gasteiger charge is 2.44. The molecule has 416 valence electrons. The van der Waals surface area contributed by atoms with Crippen LogP contribution >= 0.6 is 0 Å². The Labute approximate surface area is 438 Å². The molecular formula is C52H78F2N10O11. The molecule has 9 amide bonds. The van der Waals surface area contributed by atoms with Crippen molar-refractivity contribution >= 4 is 47.9 Å². The highest BCUT2D eigenvalue weighted by atomic mass is 19.1. The molecule has 4 aliphatic heterocycles. The molecule has 23 heteroatoms. The van der Waals surface area contributed by atoms with Gasteiger partial charge in [0.25, 0.3) is 0 Å². The summed E-state index contributed by atoms with van der Waals surface area (Å²) in [6.45, 7) is 24.4. The standard InChI is InChI=1S/C26H38FN5O5.C15H18FN3O3.C11H22N2O3/c1-25(2,3)20(28-23(35)29-26(4,5)6)21(33)30-11-12-32(19(15-30)22(34)37-7)24(36)31-13-16-9-8-10-18(27)17(16)14-31;1-22-14(20)13-7-17-5-6-19(13)15(21)18-8-10-3-2-4-12(16)11(10)9-18;1-10(2,3)7(8(14)15)12-9(16)13-11(4,5)6/h8-10,19-20H,11-15H2,1-7H3,(H2,28,29,35);2-4,13,17H,5-9H2,1H3;7H,1-6H3,(H,14,15)(H2,12,13,16)/t19-,20-;13-;7-/m111/s1. The van der Waals surface area contributed by atoms with Crippen LogP contribution in [-0.2, 0) is 54.8 Å². The number of methoxy groups -OCH3 is 2. The number of amides is 9. The number of piperazine rings is 2. The van der Waals surface area contributed by atoms with Crippen LogP contribution < -0.4 is 26.6 Å². The van der Waals surface area contributed by atoms with Crippen LogP contribution in [0.5, 0.6) is 0 Å². The highest BCUT2D eigenvalue weighted by molar-refractivity contribution is 5.90. The number of carbonyl (C=O) groups excluding carboxylic acids is 7. The zero-order chi connectivity index (χ0) is 56.5. The number of nitrogens with one attached hydrogen (secondary N) is 5. The molecule has 4 heterocycles. The fraction of sp³-hybridized carbons (Fsp3) is 0.615. The van der Waals surface area contributed by atoms with Crippen LogP contribution in [0.2, 0.25) is 0 Å². The molecule has 2 aromatic carbocycles. The Hall–Kier alpha value is -6.78. The summed E-state index contributed by atoms with van der Waals surface area (Å²) >= 11 is 0. The van der Waals surface area contributed by atoms with Gasteiger partial charge >= 0.3 is 42.0 Å². The third-order valence-electron chi connectivity index (χ3n) is 12.5. The molecule has 0 saturated carbocycles. The molecule has 0 spiro atoms. The van der Waals surface area contributed by atoms with Crippen LogP contribution in [0.4, 0.5) is 28.0 Å². The van der Waals surface area contributed by atoms with Gasteiger partial charge in [-0.25, -0.2) is 42.3 Å². The van der Waals surface area contributed by atoms with Gasteiger partial charge in [-0.05, 0) is 75.6 Å². The SMILES string of the molecule is CC(C)(C)NC(=O)N[C@H](C(=O)O)C(C)(C)C.COC(=O)[C@H]1CN(C(=O)[C@@H](NC(=O)NC(C)(C)C)C(C)(C)C)CCN1C(=O)N1Cc2cccc(F)c2C1.COC(=O)[C@H]1CNCCN1C(=O)N1Cc2cccc(F)c2C1. The molecule has 2 fully saturated rings. The molecule has 0 radical (unpaired) electrons. The second-order valence-electron chi connectivity index (χ2n) is 23.1. The van der Waals surface area contributed by atoms with E-state index in [-0.39, 0.29) is 68.4 Å². The van der Waals surface area contributed by atoms with E-state index in [1.807, 2.05) is 68.4 Å².